The van der Waals surface area contributed by atoms with Crippen LogP contribution in [0.5, 0.6) is 11.5 Å². The third kappa shape index (κ3) is 3.08. The van der Waals surface area contributed by atoms with Gasteiger partial charge in [0.2, 0.25) is 0 Å². The zero-order chi connectivity index (χ0) is 12.8. The fourth-order valence-corrected chi connectivity index (χ4v) is 1.66. The molecule has 2 aromatic rings. The molecule has 0 spiro atoms. The van der Waals surface area contributed by atoms with Crippen LogP contribution >= 0.6 is 0 Å². The monoisotopic (exact) mass is 245 g/mol. The molecule has 2 aromatic carbocycles. The summed E-state index contributed by atoms with van der Waals surface area (Å²) in [6, 6.07) is 14.1. The molecule has 2 nitrogen and oxygen atoms in total. The third-order valence-corrected chi connectivity index (χ3v) is 2.59. The van der Waals surface area contributed by atoms with Gasteiger partial charge in [-0.3, -0.25) is 0 Å². The molecule has 1 N–H and O–H groups in total. The number of rotatable bonds is 5. The molecule has 18 heavy (non-hydrogen) atoms. The van der Waals surface area contributed by atoms with E-state index in [1.165, 1.54) is 6.07 Å². The van der Waals surface area contributed by atoms with E-state index in [9.17, 15) is 4.39 Å². The Kier molecular flexibility index (Phi) is 4.31. The Bertz CT molecular complexity index is 513. The van der Waals surface area contributed by atoms with Gasteiger partial charge in [0.15, 0.2) is 11.6 Å². The van der Waals surface area contributed by atoms with Crippen LogP contribution in [0.3, 0.4) is 0 Å². The first kappa shape index (κ1) is 12.6. The lowest BCUT2D eigenvalue weighted by molar-refractivity contribution is 0.436. The van der Waals surface area contributed by atoms with Gasteiger partial charge in [0.1, 0.15) is 5.75 Å². The maximum atomic E-state index is 13.5. The summed E-state index contributed by atoms with van der Waals surface area (Å²) in [6.45, 7) is 3.63. The van der Waals surface area contributed by atoms with Crippen LogP contribution < -0.4 is 10.1 Å². The number of halogens is 1. The second-order valence-corrected chi connectivity index (χ2v) is 3.92. The first-order valence-electron chi connectivity index (χ1n) is 6.02. The van der Waals surface area contributed by atoms with Crippen molar-refractivity contribution in [1.82, 2.24) is 5.32 Å². The fraction of sp³-hybridized carbons (Fsp3) is 0.200. The van der Waals surface area contributed by atoms with Gasteiger partial charge in [-0.2, -0.15) is 0 Å². The second-order valence-electron chi connectivity index (χ2n) is 3.92. The van der Waals surface area contributed by atoms with Gasteiger partial charge in [-0.05, 0) is 24.7 Å². The summed E-state index contributed by atoms with van der Waals surface area (Å²) in [5.41, 5.74) is 1.02. The maximum absolute atomic E-state index is 13.5. The lowest BCUT2D eigenvalue weighted by Gasteiger charge is -2.11. The third-order valence-electron chi connectivity index (χ3n) is 2.59. The van der Waals surface area contributed by atoms with E-state index >= 15 is 0 Å². The van der Waals surface area contributed by atoms with E-state index in [2.05, 4.69) is 5.32 Å². The number of hydrogen-bond donors (Lipinski definition) is 1. The van der Waals surface area contributed by atoms with E-state index in [1.807, 2.05) is 31.2 Å². The van der Waals surface area contributed by atoms with Crippen molar-refractivity contribution in [3.05, 3.63) is 59.9 Å². The number of nitrogens with one attached hydrogen (secondary N) is 1. The minimum absolute atomic E-state index is 0.251. The largest absolute Gasteiger partial charge is 0.454 e. The van der Waals surface area contributed by atoms with E-state index in [-0.39, 0.29) is 11.6 Å². The molecule has 0 aliphatic rings. The molecular weight excluding hydrogens is 229 g/mol. The van der Waals surface area contributed by atoms with Gasteiger partial charge < -0.3 is 10.1 Å². The Morgan fingerprint density at radius 2 is 1.67 bits per heavy atom. The van der Waals surface area contributed by atoms with E-state index in [0.29, 0.717) is 12.3 Å². The van der Waals surface area contributed by atoms with Gasteiger partial charge >= 0.3 is 0 Å². The SMILES string of the molecule is CCNCc1ccccc1Oc1ccccc1F. The molecule has 0 amide bonds. The van der Waals surface area contributed by atoms with E-state index in [4.69, 9.17) is 4.74 Å². The predicted molar refractivity (Wildman–Crippen MR) is 70.3 cm³/mol. The summed E-state index contributed by atoms with van der Waals surface area (Å²) in [7, 11) is 0. The van der Waals surface area contributed by atoms with Crippen LogP contribution in [0.2, 0.25) is 0 Å². The van der Waals surface area contributed by atoms with E-state index in [0.717, 1.165) is 12.1 Å². The summed E-state index contributed by atoms with van der Waals surface area (Å²) in [5, 5.41) is 3.23. The van der Waals surface area contributed by atoms with Gasteiger partial charge in [-0.25, -0.2) is 4.39 Å². The van der Waals surface area contributed by atoms with Crippen LogP contribution in [0.1, 0.15) is 12.5 Å². The van der Waals surface area contributed by atoms with Crippen LogP contribution in [0.25, 0.3) is 0 Å². The molecule has 0 fully saturated rings. The van der Waals surface area contributed by atoms with Gasteiger partial charge in [0, 0.05) is 12.1 Å². The standard InChI is InChI=1S/C15H16FNO/c1-2-17-11-12-7-3-5-9-14(12)18-15-10-6-4-8-13(15)16/h3-10,17H,2,11H2,1H3. The average molecular weight is 245 g/mol. The average Bonchev–Trinajstić information content (AvgIpc) is 2.40. The molecule has 0 bridgehead atoms. The molecule has 0 aromatic heterocycles. The zero-order valence-corrected chi connectivity index (χ0v) is 10.3. The van der Waals surface area contributed by atoms with E-state index < -0.39 is 0 Å². The van der Waals surface area contributed by atoms with Gasteiger partial charge in [0.05, 0.1) is 0 Å². The molecule has 0 aliphatic carbocycles. The molecule has 0 saturated heterocycles. The molecule has 0 saturated carbocycles. The highest BCUT2D eigenvalue weighted by Crippen LogP contribution is 2.27. The second kappa shape index (κ2) is 6.17. The Morgan fingerprint density at radius 3 is 2.39 bits per heavy atom. The highest BCUT2D eigenvalue weighted by Gasteiger charge is 2.06. The molecule has 0 radical (unpaired) electrons. The summed E-state index contributed by atoms with van der Waals surface area (Å²) in [6.07, 6.45) is 0. The van der Waals surface area contributed by atoms with Crippen molar-refractivity contribution < 1.29 is 9.13 Å². The first-order valence-corrected chi connectivity index (χ1v) is 6.02. The van der Waals surface area contributed by atoms with Crippen molar-refractivity contribution in [2.24, 2.45) is 0 Å². The Balaban J connectivity index is 2.21. The van der Waals surface area contributed by atoms with Gasteiger partial charge in [-0.1, -0.05) is 37.3 Å². The van der Waals surface area contributed by atoms with Crippen molar-refractivity contribution in [3.8, 4) is 11.5 Å². The number of ether oxygens (including phenoxy) is 1. The summed E-state index contributed by atoms with van der Waals surface area (Å²) < 4.78 is 19.1. The summed E-state index contributed by atoms with van der Waals surface area (Å²) in [4.78, 5) is 0. The number of hydrogen-bond acceptors (Lipinski definition) is 2. The first-order chi connectivity index (χ1) is 8.81. The van der Waals surface area contributed by atoms with Crippen molar-refractivity contribution >= 4 is 0 Å². The Morgan fingerprint density at radius 1 is 1.00 bits per heavy atom. The minimum atomic E-state index is -0.351. The van der Waals surface area contributed by atoms with Crippen molar-refractivity contribution in [2.45, 2.75) is 13.5 Å². The highest BCUT2D eigenvalue weighted by molar-refractivity contribution is 5.38. The molecular formula is C15H16FNO. The number of benzene rings is 2. The van der Waals surface area contributed by atoms with Crippen LogP contribution in [-0.4, -0.2) is 6.54 Å². The van der Waals surface area contributed by atoms with Crippen molar-refractivity contribution in [3.63, 3.8) is 0 Å². The molecule has 0 heterocycles. The molecule has 2 rings (SSSR count). The highest BCUT2D eigenvalue weighted by atomic mass is 19.1. The van der Waals surface area contributed by atoms with Crippen LogP contribution in [0.4, 0.5) is 4.39 Å². The van der Waals surface area contributed by atoms with Crippen LogP contribution in [0.15, 0.2) is 48.5 Å². The molecule has 0 unspecified atom stereocenters. The quantitative estimate of drug-likeness (QED) is 0.866. The minimum Gasteiger partial charge on any atom is -0.454 e. The lowest BCUT2D eigenvalue weighted by Crippen LogP contribution is -2.12. The zero-order valence-electron chi connectivity index (χ0n) is 10.3. The maximum Gasteiger partial charge on any atom is 0.165 e. The van der Waals surface area contributed by atoms with Crippen LogP contribution in [-0.2, 0) is 6.54 Å². The van der Waals surface area contributed by atoms with Crippen LogP contribution in [0, 0.1) is 5.82 Å². The molecule has 3 heteroatoms. The predicted octanol–water partition coefficient (Wildman–Crippen LogP) is 3.73. The fourth-order valence-electron chi connectivity index (χ4n) is 1.66. The smallest absolute Gasteiger partial charge is 0.165 e. The molecule has 0 atom stereocenters. The molecule has 94 valence electrons. The Labute approximate surface area is 106 Å². The van der Waals surface area contributed by atoms with E-state index in [1.54, 1.807) is 18.2 Å². The van der Waals surface area contributed by atoms with Crippen molar-refractivity contribution in [1.29, 1.82) is 0 Å². The summed E-state index contributed by atoms with van der Waals surface area (Å²) in [5.74, 6) is 0.584. The number of para-hydroxylation sites is 2. The summed E-state index contributed by atoms with van der Waals surface area (Å²) >= 11 is 0. The van der Waals surface area contributed by atoms with Gasteiger partial charge in [-0.15, -0.1) is 0 Å². The normalized spacial score (nSPS) is 10.3. The topological polar surface area (TPSA) is 21.3 Å². The lowest BCUT2D eigenvalue weighted by atomic mass is 10.2. The molecule has 0 aliphatic heterocycles. The van der Waals surface area contributed by atoms with Crippen molar-refractivity contribution in [2.75, 3.05) is 6.54 Å². The van der Waals surface area contributed by atoms with Gasteiger partial charge in [0.25, 0.3) is 0 Å². The Hall–Kier alpha value is -1.87.